The number of hydrogen-bond acceptors (Lipinski definition) is 3. The SMILES string of the molecule is COc1ccc(C2(C(=O)NCCn3cc(Cl)cn3)CC2)cc1. The van der Waals surface area contributed by atoms with Crippen molar-refractivity contribution in [3.8, 4) is 5.75 Å². The van der Waals surface area contributed by atoms with Crippen molar-refractivity contribution in [3.05, 3.63) is 47.2 Å². The quantitative estimate of drug-likeness (QED) is 0.889. The van der Waals surface area contributed by atoms with Crippen LogP contribution in [0.25, 0.3) is 0 Å². The van der Waals surface area contributed by atoms with E-state index in [2.05, 4.69) is 10.4 Å². The number of hydrogen-bond donors (Lipinski definition) is 1. The largest absolute Gasteiger partial charge is 0.497 e. The molecule has 1 aromatic carbocycles. The fourth-order valence-electron chi connectivity index (χ4n) is 2.60. The zero-order valence-electron chi connectivity index (χ0n) is 12.4. The second-order valence-corrected chi connectivity index (χ2v) is 5.92. The summed E-state index contributed by atoms with van der Waals surface area (Å²) < 4.78 is 6.88. The molecule has 0 unspecified atom stereocenters. The topological polar surface area (TPSA) is 56.1 Å². The van der Waals surface area contributed by atoms with Gasteiger partial charge in [-0.25, -0.2) is 0 Å². The molecule has 116 valence electrons. The van der Waals surface area contributed by atoms with Crippen molar-refractivity contribution >= 4 is 17.5 Å². The number of aromatic nitrogens is 2. The Balaban J connectivity index is 1.58. The highest BCUT2D eigenvalue weighted by Gasteiger charge is 2.50. The molecule has 0 aliphatic heterocycles. The maximum Gasteiger partial charge on any atom is 0.230 e. The summed E-state index contributed by atoms with van der Waals surface area (Å²) >= 11 is 5.81. The molecule has 1 saturated carbocycles. The van der Waals surface area contributed by atoms with Crippen LogP contribution in [0.3, 0.4) is 0 Å². The minimum absolute atomic E-state index is 0.0796. The van der Waals surface area contributed by atoms with Crippen molar-refractivity contribution in [2.24, 2.45) is 0 Å². The van der Waals surface area contributed by atoms with E-state index in [-0.39, 0.29) is 11.3 Å². The molecule has 5 nitrogen and oxygen atoms in total. The van der Waals surface area contributed by atoms with Crippen LogP contribution >= 0.6 is 11.6 Å². The minimum Gasteiger partial charge on any atom is -0.497 e. The van der Waals surface area contributed by atoms with E-state index in [1.54, 1.807) is 24.2 Å². The van der Waals surface area contributed by atoms with Crippen molar-refractivity contribution < 1.29 is 9.53 Å². The zero-order valence-corrected chi connectivity index (χ0v) is 13.1. The maximum absolute atomic E-state index is 12.5. The number of methoxy groups -OCH3 is 1. The van der Waals surface area contributed by atoms with Gasteiger partial charge < -0.3 is 10.1 Å². The highest BCUT2D eigenvalue weighted by molar-refractivity contribution is 6.30. The van der Waals surface area contributed by atoms with Crippen LogP contribution in [0.1, 0.15) is 18.4 Å². The van der Waals surface area contributed by atoms with Crippen molar-refractivity contribution in [3.63, 3.8) is 0 Å². The van der Waals surface area contributed by atoms with Crippen LogP contribution in [-0.4, -0.2) is 29.3 Å². The highest BCUT2D eigenvalue weighted by Crippen LogP contribution is 2.48. The van der Waals surface area contributed by atoms with Gasteiger partial charge in [0, 0.05) is 12.7 Å². The number of halogens is 1. The van der Waals surface area contributed by atoms with Crippen molar-refractivity contribution in [1.82, 2.24) is 15.1 Å². The Morgan fingerprint density at radius 2 is 2.14 bits per heavy atom. The van der Waals surface area contributed by atoms with Crippen LogP contribution < -0.4 is 10.1 Å². The lowest BCUT2D eigenvalue weighted by molar-refractivity contribution is -0.123. The summed E-state index contributed by atoms with van der Waals surface area (Å²) in [7, 11) is 1.64. The van der Waals surface area contributed by atoms with E-state index in [1.807, 2.05) is 24.3 Å². The summed E-state index contributed by atoms with van der Waals surface area (Å²) in [5, 5.41) is 7.68. The van der Waals surface area contributed by atoms with Crippen molar-refractivity contribution in [2.75, 3.05) is 13.7 Å². The van der Waals surface area contributed by atoms with E-state index in [0.29, 0.717) is 18.1 Å². The monoisotopic (exact) mass is 319 g/mol. The van der Waals surface area contributed by atoms with E-state index < -0.39 is 0 Å². The standard InChI is InChI=1S/C16H18ClN3O2/c1-22-14-4-2-12(3-5-14)16(6-7-16)15(21)18-8-9-20-11-13(17)10-19-20/h2-5,10-11H,6-9H2,1H3,(H,18,21). The molecule has 22 heavy (non-hydrogen) atoms. The summed E-state index contributed by atoms with van der Waals surface area (Å²) in [5.74, 6) is 0.881. The molecule has 1 aliphatic carbocycles. The van der Waals surface area contributed by atoms with Crippen LogP contribution in [0.4, 0.5) is 0 Å². The van der Waals surface area contributed by atoms with Crippen LogP contribution in [0.2, 0.25) is 5.02 Å². The number of carbonyl (C=O) groups excluding carboxylic acids is 1. The third-order valence-corrected chi connectivity index (χ3v) is 4.25. The van der Waals surface area contributed by atoms with Gasteiger partial charge in [-0.15, -0.1) is 0 Å². The van der Waals surface area contributed by atoms with Crippen LogP contribution in [0.5, 0.6) is 5.75 Å². The lowest BCUT2D eigenvalue weighted by Crippen LogP contribution is -2.36. The Bertz CT molecular complexity index is 662. The normalized spacial score (nSPS) is 15.4. The maximum atomic E-state index is 12.5. The molecular weight excluding hydrogens is 302 g/mol. The summed E-state index contributed by atoms with van der Waals surface area (Å²) in [6.45, 7) is 1.14. The van der Waals surface area contributed by atoms with Gasteiger partial charge >= 0.3 is 0 Å². The van der Waals surface area contributed by atoms with E-state index in [9.17, 15) is 4.79 Å². The molecule has 0 bridgehead atoms. The molecule has 1 amide bonds. The first-order valence-corrected chi connectivity index (χ1v) is 7.63. The average molecular weight is 320 g/mol. The molecule has 0 radical (unpaired) electrons. The number of amides is 1. The molecule has 3 rings (SSSR count). The number of ether oxygens (including phenoxy) is 1. The Hall–Kier alpha value is -2.01. The molecule has 1 aliphatic rings. The fourth-order valence-corrected chi connectivity index (χ4v) is 2.75. The van der Waals surface area contributed by atoms with E-state index in [0.717, 1.165) is 24.2 Å². The molecule has 0 saturated heterocycles. The number of carbonyl (C=O) groups is 1. The van der Waals surface area contributed by atoms with Gasteiger partial charge in [-0.05, 0) is 30.5 Å². The molecular formula is C16H18ClN3O2. The second kappa shape index (κ2) is 6.01. The van der Waals surface area contributed by atoms with Gasteiger partial charge in [0.25, 0.3) is 0 Å². The number of nitrogens with zero attached hydrogens (tertiary/aromatic N) is 2. The minimum atomic E-state index is -0.367. The number of rotatable bonds is 6. The predicted molar refractivity (Wildman–Crippen MR) is 84.2 cm³/mol. The lowest BCUT2D eigenvalue weighted by atomic mass is 9.95. The van der Waals surface area contributed by atoms with Gasteiger partial charge in [0.2, 0.25) is 5.91 Å². The molecule has 6 heteroatoms. The smallest absolute Gasteiger partial charge is 0.230 e. The highest BCUT2D eigenvalue weighted by atomic mass is 35.5. The summed E-state index contributed by atoms with van der Waals surface area (Å²) in [6, 6.07) is 7.74. The van der Waals surface area contributed by atoms with Gasteiger partial charge in [-0.3, -0.25) is 9.48 Å². The molecule has 1 heterocycles. The summed E-state index contributed by atoms with van der Waals surface area (Å²) in [4.78, 5) is 12.5. The third-order valence-electron chi connectivity index (χ3n) is 4.06. The Morgan fingerprint density at radius 1 is 1.41 bits per heavy atom. The van der Waals surface area contributed by atoms with Gasteiger partial charge in [0.15, 0.2) is 0 Å². The molecule has 1 N–H and O–H groups in total. The van der Waals surface area contributed by atoms with Gasteiger partial charge in [0.1, 0.15) is 5.75 Å². The fraction of sp³-hybridized carbons (Fsp3) is 0.375. The van der Waals surface area contributed by atoms with Gasteiger partial charge in [0.05, 0.1) is 30.3 Å². The van der Waals surface area contributed by atoms with Crippen molar-refractivity contribution in [1.29, 1.82) is 0 Å². The number of benzene rings is 1. The summed E-state index contributed by atoms with van der Waals surface area (Å²) in [5.41, 5.74) is 0.682. The van der Waals surface area contributed by atoms with Gasteiger partial charge in [-0.2, -0.15) is 5.10 Å². The third kappa shape index (κ3) is 2.95. The van der Waals surface area contributed by atoms with E-state index in [4.69, 9.17) is 16.3 Å². The van der Waals surface area contributed by atoms with Crippen LogP contribution in [0, 0.1) is 0 Å². The molecule has 1 fully saturated rings. The first kappa shape index (κ1) is 14.9. The Kier molecular flexibility index (Phi) is 4.07. The predicted octanol–water partition coefficient (Wildman–Crippen LogP) is 2.39. The molecule has 2 aromatic rings. The van der Waals surface area contributed by atoms with E-state index >= 15 is 0 Å². The zero-order chi connectivity index (χ0) is 15.6. The second-order valence-electron chi connectivity index (χ2n) is 5.49. The van der Waals surface area contributed by atoms with Crippen molar-refractivity contribution in [2.45, 2.75) is 24.8 Å². The first-order chi connectivity index (χ1) is 10.6. The van der Waals surface area contributed by atoms with Gasteiger partial charge in [-0.1, -0.05) is 23.7 Å². The number of nitrogens with one attached hydrogen (secondary N) is 1. The molecule has 0 atom stereocenters. The average Bonchev–Trinajstić information content (AvgIpc) is 3.25. The van der Waals surface area contributed by atoms with Crippen LogP contribution in [0.15, 0.2) is 36.7 Å². The summed E-state index contributed by atoms with van der Waals surface area (Å²) in [6.07, 6.45) is 5.10. The Morgan fingerprint density at radius 3 is 2.68 bits per heavy atom. The molecule has 0 spiro atoms. The van der Waals surface area contributed by atoms with Crippen LogP contribution in [-0.2, 0) is 16.8 Å². The Labute approximate surface area is 134 Å². The lowest BCUT2D eigenvalue weighted by Gasteiger charge is -2.16. The van der Waals surface area contributed by atoms with E-state index in [1.165, 1.54) is 0 Å². The first-order valence-electron chi connectivity index (χ1n) is 7.25. The molecule has 1 aromatic heterocycles.